The maximum atomic E-state index is 13.0. The van der Waals surface area contributed by atoms with E-state index in [2.05, 4.69) is 20.3 Å². The van der Waals surface area contributed by atoms with E-state index in [9.17, 15) is 18.0 Å². The van der Waals surface area contributed by atoms with Crippen LogP contribution in [0.1, 0.15) is 10.4 Å². The van der Waals surface area contributed by atoms with Gasteiger partial charge in [-0.1, -0.05) is 53.8 Å². The number of thiazole rings is 1. The Labute approximate surface area is 228 Å². The quantitative estimate of drug-likeness (QED) is 0.227. The third kappa shape index (κ3) is 6.40. The molecule has 0 bridgehead atoms. The summed E-state index contributed by atoms with van der Waals surface area (Å²) in [5.74, 6) is -0.0455. The first-order chi connectivity index (χ1) is 18.9. The maximum Gasteiger partial charge on any atom is 0.262 e. The number of nitrogens with one attached hydrogen (secondary N) is 3. The van der Waals surface area contributed by atoms with Gasteiger partial charge in [0.15, 0.2) is 10.9 Å². The molecule has 196 valence electrons. The molecule has 0 saturated carbocycles. The molecule has 0 saturated heterocycles. The summed E-state index contributed by atoms with van der Waals surface area (Å²) in [5.41, 5.74) is 1.25. The number of amides is 2. The van der Waals surface area contributed by atoms with Crippen molar-refractivity contribution in [3.63, 3.8) is 0 Å². The third-order valence-electron chi connectivity index (χ3n) is 5.48. The monoisotopic (exact) mass is 558 g/mol. The van der Waals surface area contributed by atoms with Gasteiger partial charge in [0.1, 0.15) is 5.75 Å². The SMILES string of the molecule is O=C(CNC(=O)c1ccc(S(=O)(=O)Nc2ccccc2Oc2ccccc2)cc1)Nc1nc2ccccc2s1. The van der Waals surface area contributed by atoms with Gasteiger partial charge in [0, 0.05) is 5.56 Å². The highest BCUT2D eigenvalue weighted by Crippen LogP contribution is 2.31. The van der Waals surface area contributed by atoms with E-state index in [4.69, 9.17) is 4.74 Å². The lowest BCUT2D eigenvalue weighted by atomic mass is 10.2. The highest BCUT2D eigenvalue weighted by atomic mass is 32.2. The third-order valence-corrected chi connectivity index (χ3v) is 7.81. The summed E-state index contributed by atoms with van der Waals surface area (Å²) in [6, 6.07) is 28.6. The fourth-order valence-corrected chi connectivity index (χ4v) is 5.55. The van der Waals surface area contributed by atoms with E-state index < -0.39 is 21.8 Å². The van der Waals surface area contributed by atoms with Gasteiger partial charge in [0.25, 0.3) is 15.9 Å². The van der Waals surface area contributed by atoms with Crippen LogP contribution in [0.4, 0.5) is 10.8 Å². The second kappa shape index (κ2) is 11.3. The van der Waals surface area contributed by atoms with Crippen LogP contribution in [-0.4, -0.2) is 31.8 Å². The Hall–Kier alpha value is -4.74. The molecule has 9 nitrogen and oxygen atoms in total. The molecule has 0 radical (unpaired) electrons. The molecule has 5 rings (SSSR count). The average Bonchev–Trinajstić information content (AvgIpc) is 3.35. The molecule has 0 aliphatic rings. The Balaban J connectivity index is 1.19. The van der Waals surface area contributed by atoms with Crippen LogP contribution in [0.15, 0.2) is 108 Å². The Morgan fingerprint density at radius 2 is 1.51 bits per heavy atom. The highest BCUT2D eigenvalue weighted by Gasteiger charge is 2.18. The smallest absolute Gasteiger partial charge is 0.262 e. The fraction of sp³-hybridized carbons (Fsp3) is 0.0357. The van der Waals surface area contributed by atoms with Gasteiger partial charge < -0.3 is 15.4 Å². The highest BCUT2D eigenvalue weighted by molar-refractivity contribution is 7.92. The van der Waals surface area contributed by atoms with Crippen LogP contribution in [0.3, 0.4) is 0 Å². The minimum absolute atomic E-state index is 0.0397. The molecule has 5 aromatic rings. The number of nitrogens with zero attached hydrogens (tertiary/aromatic N) is 1. The summed E-state index contributed by atoms with van der Waals surface area (Å²) in [5, 5.41) is 5.63. The lowest BCUT2D eigenvalue weighted by Crippen LogP contribution is -2.32. The number of benzene rings is 4. The summed E-state index contributed by atoms with van der Waals surface area (Å²) < 4.78 is 35.3. The van der Waals surface area contributed by atoms with E-state index in [-0.39, 0.29) is 22.7 Å². The lowest BCUT2D eigenvalue weighted by molar-refractivity contribution is -0.115. The van der Waals surface area contributed by atoms with Crippen LogP contribution in [0.25, 0.3) is 10.2 Å². The van der Waals surface area contributed by atoms with E-state index in [0.29, 0.717) is 16.6 Å². The molecule has 0 atom stereocenters. The van der Waals surface area contributed by atoms with Crippen LogP contribution < -0.4 is 20.1 Å². The van der Waals surface area contributed by atoms with Crippen molar-refractivity contribution in [2.45, 2.75) is 4.90 Å². The Morgan fingerprint density at radius 1 is 0.821 bits per heavy atom. The van der Waals surface area contributed by atoms with Crippen LogP contribution in [0.5, 0.6) is 11.5 Å². The van der Waals surface area contributed by atoms with Crippen molar-refractivity contribution >= 4 is 54.2 Å². The minimum Gasteiger partial charge on any atom is -0.455 e. The van der Waals surface area contributed by atoms with Crippen molar-refractivity contribution in [2.24, 2.45) is 0 Å². The molecule has 3 N–H and O–H groups in total. The van der Waals surface area contributed by atoms with Crippen LogP contribution in [0.2, 0.25) is 0 Å². The summed E-state index contributed by atoms with van der Waals surface area (Å²) in [6.45, 7) is -0.269. The van der Waals surface area contributed by atoms with Gasteiger partial charge in [0.2, 0.25) is 5.91 Å². The lowest BCUT2D eigenvalue weighted by Gasteiger charge is -2.13. The van der Waals surface area contributed by atoms with E-state index in [0.717, 1.165) is 10.2 Å². The van der Waals surface area contributed by atoms with Crippen molar-refractivity contribution < 1.29 is 22.7 Å². The van der Waals surface area contributed by atoms with Gasteiger partial charge in [-0.05, 0) is 60.7 Å². The largest absolute Gasteiger partial charge is 0.455 e. The first-order valence-electron chi connectivity index (χ1n) is 11.8. The zero-order valence-electron chi connectivity index (χ0n) is 20.3. The van der Waals surface area contributed by atoms with E-state index in [1.54, 1.807) is 36.4 Å². The number of anilines is 2. The molecular weight excluding hydrogens is 536 g/mol. The summed E-state index contributed by atoms with van der Waals surface area (Å²) in [7, 11) is -3.97. The number of ether oxygens (including phenoxy) is 1. The maximum absolute atomic E-state index is 13.0. The van der Waals surface area contributed by atoms with Crippen molar-refractivity contribution in [1.82, 2.24) is 10.3 Å². The Kier molecular flexibility index (Phi) is 7.53. The number of carbonyl (C=O) groups is 2. The molecule has 1 aromatic heterocycles. The topological polar surface area (TPSA) is 126 Å². The number of hydrogen-bond donors (Lipinski definition) is 3. The number of para-hydroxylation sites is 4. The summed E-state index contributed by atoms with van der Waals surface area (Å²) in [4.78, 5) is 29.1. The zero-order chi connectivity index (χ0) is 27.2. The van der Waals surface area contributed by atoms with E-state index >= 15 is 0 Å². The van der Waals surface area contributed by atoms with Gasteiger partial charge in [-0.25, -0.2) is 13.4 Å². The number of rotatable bonds is 9. The standard InChI is InChI=1S/C28H22N4O5S2/c33-26(31-28-30-23-11-5-7-13-25(23)38-28)18-29-27(34)19-14-16-21(17-15-19)39(35,36)32-22-10-4-6-12-24(22)37-20-8-2-1-3-9-20/h1-17,32H,18H2,(H,29,34)(H,30,31,33). The molecule has 11 heteroatoms. The average molecular weight is 559 g/mol. The molecule has 0 aliphatic carbocycles. The van der Waals surface area contributed by atoms with Crippen LogP contribution in [0, 0.1) is 0 Å². The van der Waals surface area contributed by atoms with E-state index in [1.807, 2.05) is 42.5 Å². The summed E-state index contributed by atoms with van der Waals surface area (Å²) in [6.07, 6.45) is 0. The molecule has 39 heavy (non-hydrogen) atoms. The second-order valence-corrected chi connectivity index (χ2v) is 11.0. The van der Waals surface area contributed by atoms with Crippen LogP contribution in [-0.2, 0) is 14.8 Å². The number of carbonyl (C=O) groups excluding carboxylic acids is 2. The number of fused-ring (bicyclic) bond motifs is 1. The fourth-order valence-electron chi connectivity index (χ4n) is 3.60. The molecular formula is C28H22N4O5S2. The zero-order valence-corrected chi connectivity index (χ0v) is 22.0. The second-order valence-electron chi connectivity index (χ2n) is 8.26. The first kappa shape index (κ1) is 25.9. The van der Waals surface area contributed by atoms with Crippen LogP contribution >= 0.6 is 11.3 Å². The van der Waals surface area contributed by atoms with Gasteiger partial charge in [-0.2, -0.15) is 0 Å². The Bertz CT molecular complexity index is 1700. The molecule has 2 amide bonds. The van der Waals surface area contributed by atoms with Gasteiger partial charge in [-0.3, -0.25) is 14.3 Å². The van der Waals surface area contributed by atoms with Gasteiger partial charge in [0.05, 0.1) is 27.3 Å². The molecule has 0 aliphatic heterocycles. The van der Waals surface area contributed by atoms with Crippen molar-refractivity contribution in [3.05, 3.63) is 109 Å². The Morgan fingerprint density at radius 3 is 2.28 bits per heavy atom. The number of aromatic nitrogens is 1. The summed E-state index contributed by atoms with van der Waals surface area (Å²) >= 11 is 1.34. The van der Waals surface area contributed by atoms with Crippen molar-refractivity contribution in [1.29, 1.82) is 0 Å². The normalized spacial score (nSPS) is 11.1. The first-order valence-corrected chi connectivity index (χ1v) is 14.1. The predicted molar refractivity (Wildman–Crippen MR) is 151 cm³/mol. The van der Waals surface area contributed by atoms with Crippen molar-refractivity contribution in [3.8, 4) is 11.5 Å². The molecule has 4 aromatic carbocycles. The van der Waals surface area contributed by atoms with Crippen molar-refractivity contribution in [2.75, 3.05) is 16.6 Å². The molecule has 1 heterocycles. The van der Waals surface area contributed by atoms with Gasteiger partial charge >= 0.3 is 0 Å². The minimum atomic E-state index is -3.97. The number of hydrogen-bond acceptors (Lipinski definition) is 7. The predicted octanol–water partition coefficient (Wildman–Crippen LogP) is 5.26. The number of sulfonamides is 1. The molecule has 0 spiro atoms. The van der Waals surface area contributed by atoms with E-state index in [1.165, 1.54) is 35.6 Å². The molecule has 0 fully saturated rings. The van der Waals surface area contributed by atoms with Gasteiger partial charge in [-0.15, -0.1) is 0 Å². The molecule has 0 unspecified atom stereocenters.